The van der Waals surface area contributed by atoms with E-state index in [1.807, 2.05) is 0 Å². The topological polar surface area (TPSA) is 33.7 Å². The smallest absolute Gasteiger partial charge is 0.0700 e. The summed E-state index contributed by atoms with van der Waals surface area (Å²) in [5, 5.41) is 3.71. The van der Waals surface area contributed by atoms with Gasteiger partial charge >= 0.3 is 0 Å². The third-order valence-corrected chi connectivity index (χ3v) is 3.88. The zero-order valence-corrected chi connectivity index (χ0v) is 13.0. The van der Waals surface area contributed by atoms with Crippen molar-refractivity contribution < 1.29 is 9.47 Å². The summed E-state index contributed by atoms with van der Waals surface area (Å²) in [6.07, 6.45) is 4.88. The van der Waals surface area contributed by atoms with Crippen LogP contribution in [0, 0.1) is 0 Å². The third kappa shape index (κ3) is 7.88. The molecule has 0 aliphatic carbocycles. The summed E-state index contributed by atoms with van der Waals surface area (Å²) >= 11 is 0. The molecule has 1 fully saturated rings. The molecule has 0 spiro atoms. The molecule has 1 rings (SSSR count). The lowest BCUT2D eigenvalue weighted by atomic mass is 10.1. The molecule has 0 bridgehead atoms. The monoisotopic (exact) mass is 272 g/mol. The van der Waals surface area contributed by atoms with Crippen molar-refractivity contribution in [3.63, 3.8) is 0 Å². The molecule has 0 radical (unpaired) electrons. The molecule has 0 amide bonds. The summed E-state index contributed by atoms with van der Waals surface area (Å²) < 4.78 is 10.5. The second-order valence-corrected chi connectivity index (χ2v) is 5.55. The molecule has 1 aliphatic rings. The Hall–Kier alpha value is -0.160. The summed E-state index contributed by atoms with van der Waals surface area (Å²) in [6.45, 7) is 10.4. The van der Waals surface area contributed by atoms with Crippen LogP contribution in [0.15, 0.2) is 0 Å². The molecular weight excluding hydrogens is 240 g/mol. The van der Waals surface area contributed by atoms with E-state index in [2.05, 4.69) is 24.1 Å². The van der Waals surface area contributed by atoms with Crippen LogP contribution in [-0.4, -0.2) is 63.5 Å². The van der Waals surface area contributed by atoms with Crippen molar-refractivity contribution in [1.29, 1.82) is 0 Å². The van der Waals surface area contributed by atoms with Crippen LogP contribution < -0.4 is 5.32 Å². The highest BCUT2D eigenvalue weighted by molar-refractivity contribution is 4.76. The second-order valence-electron chi connectivity index (χ2n) is 5.55. The number of ether oxygens (including phenoxy) is 2. The molecule has 4 nitrogen and oxygen atoms in total. The molecule has 2 unspecified atom stereocenters. The van der Waals surface area contributed by atoms with Crippen molar-refractivity contribution in [2.75, 3.05) is 46.6 Å². The van der Waals surface area contributed by atoms with Gasteiger partial charge < -0.3 is 19.7 Å². The summed E-state index contributed by atoms with van der Waals surface area (Å²) in [5.74, 6) is 0. The van der Waals surface area contributed by atoms with Gasteiger partial charge in [0.2, 0.25) is 0 Å². The number of hydrogen-bond donors (Lipinski definition) is 1. The molecule has 0 aromatic rings. The molecule has 0 saturated carbocycles. The van der Waals surface area contributed by atoms with Crippen molar-refractivity contribution in [2.45, 2.75) is 51.6 Å². The lowest BCUT2D eigenvalue weighted by molar-refractivity contribution is 0.0643. The molecule has 1 aliphatic heterocycles. The molecule has 1 N–H and O–H groups in total. The Kier molecular flexibility index (Phi) is 9.43. The van der Waals surface area contributed by atoms with Gasteiger partial charge in [0.25, 0.3) is 0 Å². The van der Waals surface area contributed by atoms with Crippen molar-refractivity contribution in [3.8, 4) is 0 Å². The predicted octanol–water partition coefficient (Wildman–Crippen LogP) is 1.89. The van der Waals surface area contributed by atoms with E-state index in [4.69, 9.17) is 9.47 Å². The molecule has 114 valence electrons. The van der Waals surface area contributed by atoms with E-state index >= 15 is 0 Å². The van der Waals surface area contributed by atoms with Gasteiger partial charge in [0.1, 0.15) is 0 Å². The van der Waals surface area contributed by atoms with Gasteiger partial charge in [-0.15, -0.1) is 0 Å². The first-order chi connectivity index (χ1) is 9.26. The Morgan fingerprint density at radius 2 is 1.95 bits per heavy atom. The fourth-order valence-corrected chi connectivity index (χ4v) is 2.58. The van der Waals surface area contributed by atoms with Gasteiger partial charge in [0.15, 0.2) is 0 Å². The summed E-state index contributed by atoms with van der Waals surface area (Å²) in [6, 6.07) is 1.33. The summed E-state index contributed by atoms with van der Waals surface area (Å²) in [5.41, 5.74) is 0. The van der Waals surface area contributed by atoms with Crippen molar-refractivity contribution in [1.82, 2.24) is 10.2 Å². The molecule has 0 aromatic carbocycles. The first-order valence-corrected chi connectivity index (χ1v) is 7.81. The lowest BCUT2D eigenvalue weighted by Gasteiger charge is -2.32. The minimum atomic E-state index is 0.644. The number of nitrogens with zero attached hydrogens (tertiary/aromatic N) is 1. The van der Waals surface area contributed by atoms with Gasteiger partial charge in [-0.05, 0) is 45.7 Å². The zero-order chi connectivity index (χ0) is 13.9. The molecule has 0 aromatic heterocycles. The predicted molar refractivity (Wildman–Crippen MR) is 79.7 cm³/mol. The van der Waals surface area contributed by atoms with Gasteiger partial charge in [-0.1, -0.05) is 6.92 Å². The molecule has 2 atom stereocenters. The summed E-state index contributed by atoms with van der Waals surface area (Å²) in [7, 11) is 1.71. The van der Waals surface area contributed by atoms with E-state index in [1.54, 1.807) is 7.11 Å². The Morgan fingerprint density at radius 3 is 2.68 bits per heavy atom. The highest BCUT2D eigenvalue weighted by Gasteiger charge is 2.17. The number of nitrogens with one attached hydrogen (secondary N) is 1. The fraction of sp³-hybridized carbons (Fsp3) is 1.00. The number of methoxy groups -OCH3 is 1. The van der Waals surface area contributed by atoms with Crippen LogP contribution >= 0.6 is 0 Å². The van der Waals surface area contributed by atoms with E-state index in [0.717, 1.165) is 26.2 Å². The highest BCUT2D eigenvalue weighted by Crippen LogP contribution is 2.09. The Morgan fingerprint density at radius 1 is 1.16 bits per heavy atom. The highest BCUT2D eigenvalue weighted by atomic mass is 16.5. The van der Waals surface area contributed by atoms with Gasteiger partial charge in [-0.2, -0.15) is 0 Å². The Balaban J connectivity index is 2.14. The van der Waals surface area contributed by atoms with E-state index < -0.39 is 0 Å². The van der Waals surface area contributed by atoms with Crippen LogP contribution in [0.5, 0.6) is 0 Å². The normalized spacial score (nSPS) is 26.1. The largest absolute Gasteiger partial charge is 0.382 e. The van der Waals surface area contributed by atoms with Crippen LogP contribution in [-0.2, 0) is 9.47 Å². The Bertz CT molecular complexity index is 214. The van der Waals surface area contributed by atoms with Crippen LogP contribution in [0.4, 0.5) is 0 Å². The minimum Gasteiger partial charge on any atom is -0.382 e. The molecular formula is C15H32N2O2. The number of hydrogen-bond acceptors (Lipinski definition) is 4. The molecule has 4 heteroatoms. The van der Waals surface area contributed by atoms with Crippen molar-refractivity contribution in [2.24, 2.45) is 0 Å². The van der Waals surface area contributed by atoms with Gasteiger partial charge in [0, 0.05) is 32.3 Å². The van der Waals surface area contributed by atoms with E-state index in [0.29, 0.717) is 18.7 Å². The molecule has 19 heavy (non-hydrogen) atoms. The van der Waals surface area contributed by atoms with Gasteiger partial charge in [0.05, 0.1) is 13.2 Å². The van der Waals surface area contributed by atoms with E-state index in [1.165, 1.54) is 32.4 Å². The van der Waals surface area contributed by atoms with Crippen molar-refractivity contribution >= 4 is 0 Å². The second kappa shape index (κ2) is 10.6. The minimum absolute atomic E-state index is 0.644. The third-order valence-electron chi connectivity index (χ3n) is 3.88. The fourth-order valence-electron chi connectivity index (χ4n) is 2.58. The number of rotatable bonds is 8. The van der Waals surface area contributed by atoms with E-state index in [-0.39, 0.29) is 0 Å². The van der Waals surface area contributed by atoms with Crippen LogP contribution in [0.2, 0.25) is 0 Å². The Labute approximate surface area is 118 Å². The van der Waals surface area contributed by atoms with Gasteiger partial charge in [-0.3, -0.25) is 0 Å². The van der Waals surface area contributed by atoms with E-state index in [9.17, 15) is 0 Å². The quantitative estimate of drug-likeness (QED) is 0.684. The maximum atomic E-state index is 5.52. The maximum Gasteiger partial charge on any atom is 0.0700 e. The lowest BCUT2D eigenvalue weighted by Crippen LogP contribution is -2.44. The SMILES string of the molecule is CCC1CCN(CCCOCCOC)CCC(C)N1. The van der Waals surface area contributed by atoms with Crippen LogP contribution in [0.3, 0.4) is 0 Å². The average molecular weight is 272 g/mol. The summed E-state index contributed by atoms with van der Waals surface area (Å²) in [4.78, 5) is 2.60. The van der Waals surface area contributed by atoms with Crippen molar-refractivity contribution in [3.05, 3.63) is 0 Å². The zero-order valence-electron chi connectivity index (χ0n) is 13.0. The first kappa shape index (κ1) is 16.9. The van der Waals surface area contributed by atoms with Crippen LogP contribution in [0.1, 0.15) is 39.5 Å². The first-order valence-electron chi connectivity index (χ1n) is 7.81. The van der Waals surface area contributed by atoms with Crippen LogP contribution in [0.25, 0.3) is 0 Å². The average Bonchev–Trinajstić information content (AvgIpc) is 2.40. The molecule has 1 saturated heterocycles. The molecule has 1 heterocycles. The standard InChI is InChI=1S/C15H32N2O2/c1-4-15-7-10-17(9-6-14(2)16-15)8-5-11-19-13-12-18-3/h14-16H,4-13H2,1-3H3. The van der Waals surface area contributed by atoms with Gasteiger partial charge in [-0.25, -0.2) is 0 Å². The maximum absolute atomic E-state index is 5.52.